The Bertz CT molecular complexity index is 2890. The molecule has 3 nitrogen and oxygen atoms in total. The van der Waals surface area contributed by atoms with Crippen LogP contribution in [0.1, 0.15) is 0 Å². The number of hydrogen-bond donors (Lipinski definition) is 0. The zero-order chi connectivity index (χ0) is 32.3. The molecule has 0 aliphatic carbocycles. The van der Waals surface area contributed by atoms with Crippen LogP contribution in [0.25, 0.3) is 97.8 Å². The number of benzene rings is 8. The van der Waals surface area contributed by atoms with E-state index in [1.807, 2.05) is 18.2 Å². The van der Waals surface area contributed by atoms with E-state index in [2.05, 4.69) is 146 Å². The zero-order valence-corrected chi connectivity index (χ0v) is 27.2. The highest BCUT2D eigenvalue weighted by molar-refractivity contribution is 7.25. The van der Waals surface area contributed by atoms with Crippen molar-refractivity contribution in [2.45, 2.75) is 0 Å². The molecule has 4 heteroatoms. The molecule has 0 amide bonds. The quantitative estimate of drug-likeness (QED) is 0.180. The third kappa shape index (κ3) is 4.61. The van der Waals surface area contributed by atoms with Crippen molar-refractivity contribution in [2.75, 3.05) is 0 Å². The lowest BCUT2D eigenvalue weighted by Gasteiger charge is -2.15. The van der Waals surface area contributed by atoms with E-state index in [4.69, 9.17) is 15.0 Å². The Morgan fingerprint density at radius 1 is 0.327 bits per heavy atom. The number of fused-ring (bicyclic) bond motifs is 7. The van der Waals surface area contributed by atoms with Crippen LogP contribution in [0.5, 0.6) is 0 Å². The van der Waals surface area contributed by atoms with Crippen LogP contribution < -0.4 is 0 Å². The van der Waals surface area contributed by atoms with Crippen molar-refractivity contribution in [1.82, 2.24) is 15.0 Å². The van der Waals surface area contributed by atoms with Crippen molar-refractivity contribution in [3.05, 3.63) is 164 Å². The largest absolute Gasteiger partial charge is 0.208 e. The highest BCUT2D eigenvalue weighted by atomic mass is 32.1. The van der Waals surface area contributed by atoms with Gasteiger partial charge in [-0.25, -0.2) is 15.0 Å². The zero-order valence-electron chi connectivity index (χ0n) is 26.3. The molecular formula is C45H27N3S. The second kappa shape index (κ2) is 11.2. The maximum absolute atomic E-state index is 5.23. The summed E-state index contributed by atoms with van der Waals surface area (Å²) in [6, 6.07) is 58.1. The Kier molecular flexibility index (Phi) is 6.36. The van der Waals surface area contributed by atoms with E-state index in [1.54, 1.807) is 11.3 Å². The fraction of sp³-hybridized carbons (Fsp3) is 0. The van der Waals surface area contributed by atoms with E-state index in [1.165, 1.54) is 63.6 Å². The van der Waals surface area contributed by atoms with Crippen LogP contribution in [-0.4, -0.2) is 15.0 Å². The second-order valence-corrected chi connectivity index (χ2v) is 13.5. The van der Waals surface area contributed by atoms with E-state index < -0.39 is 0 Å². The van der Waals surface area contributed by atoms with Crippen molar-refractivity contribution in [3.8, 4) is 45.3 Å². The van der Waals surface area contributed by atoms with Gasteiger partial charge in [-0.15, -0.1) is 11.3 Å². The van der Waals surface area contributed by atoms with Crippen molar-refractivity contribution < 1.29 is 0 Å². The lowest BCUT2D eigenvalue weighted by atomic mass is 9.90. The average Bonchev–Trinajstić information content (AvgIpc) is 3.56. The fourth-order valence-electron chi connectivity index (χ4n) is 7.23. The molecule has 0 atom stereocenters. The maximum Gasteiger partial charge on any atom is 0.164 e. The van der Waals surface area contributed by atoms with E-state index in [0.717, 1.165) is 16.7 Å². The lowest BCUT2D eigenvalue weighted by Crippen LogP contribution is -2.00. The summed E-state index contributed by atoms with van der Waals surface area (Å²) < 4.78 is 2.48. The van der Waals surface area contributed by atoms with Crippen molar-refractivity contribution in [2.24, 2.45) is 0 Å². The fourth-order valence-corrected chi connectivity index (χ4v) is 8.36. The Hall–Kier alpha value is -6.23. The van der Waals surface area contributed by atoms with Gasteiger partial charge in [0.1, 0.15) is 0 Å². The first-order valence-electron chi connectivity index (χ1n) is 16.4. The van der Waals surface area contributed by atoms with Gasteiger partial charge in [-0.05, 0) is 67.7 Å². The minimum absolute atomic E-state index is 0.655. The highest BCUT2D eigenvalue weighted by Gasteiger charge is 2.18. The Labute approximate surface area is 286 Å². The van der Waals surface area contributed by atoms with Gasteiger partial charge in [0.05, 0.1) is 0 Å². The summed E-state index contributed by atoms with van der Waals surface area (Å²) in [5.41, 5.74) is 5.37. The Morgan fingerprint density at radius 3 is 1.84 bits per heavy atom. The lowest BCUT2D eigenvalue weighted by molar-refractivity contribution is 1.08. The molecule has 0 aliphatic heterocycles. The van der Waals surface area contributed by atoms with Crippen LogP contribution in [0.2, 0.25) is 0 Å². The topological polar surface area (TPSA) is 38.7 Å². The predicted molar refractivity (Wildman–Crippen MR) is 207 cm³/mol. The summed E-state index contributed by atoms with van der Waals surface area (Å²) >= 11 is 1.80. The maximum atomic E-state index is 5.23. The molecule has 0 radical (unpaired) electrons. The van der Waals surface area contributed by atoms with Crippen LogP contribution >= 0.6 is 11.3 Å². The molecule has 0 saturated heterocycles. The molecule has 2 heterocycles. The van der Waals surface area contributed by atoms with Gasteiger partial charge in [-0.2, -0.15) is 0 Å². The molecule has 8 aromatic carbocycles. The summed E-state index contributed by atoms with van der Waals surface area (Å²) in [6.45, 7) is 0. The summed E-state index contributed by atoms with van der Waals surface area (Å²) in [4.78, 5) is 15.5. The van der Waals surface area contributed by atoms with Crippen LogP contribution in [-0.2, 0) is 0 Å². The van der Waals surface area contributed by atoms with E-state index in [-0.39, 0.29) is 0 Å². The summed E-state index contributed by atoms with van der Waals surface area (Å²) in [5.74, 6) is 1.99. The third-order valence-corrected chi connectivity index (χ3v) is 10.6. The van der Waals surface area contributed by atoms with Crippen LogP contribution in [0.3, 0.4) is 0 Å². The molecule has 49 heavy (non-hydrogen) atoms. The van der Waals surface area contributed by atoms with E-state index in [0.29, 0.717) is 17.5 Å². The van der Waals surface area contributed by atoms with Gasteiger partial charge in [0.15, 0.2) is 17.5 Å². The molecular weight excluding hydrogens is 615 g/mol. The van der Waals surface area contributed by atoms with Gasteiger partial charge < -0.3 is 0 Å². The average molecular weight is 642 g/mol. The number of rotatable bonds is 4. The highest BCUT2D eigenvalue weighted by Crippen LogP contribution is 2.41. The Balaban J connectivity index is 1.23. The first-order chi connectivity index (χ1) is 24.3. The predicted octanol–water partition coefficient (Wildman–Crippen LogP) is 12.4. The molecule has 0 N–H and O–H groups in total. The van der Waals surface area contributed by atoms with Crippen molar-refractivity contribution in [1.29, 1.82) is 0 Å². The minimum Gasteiger partial charge on any atom is -0.208 e. The summed E-state index contributed by atoms with van der Waals surface area (Å²) in [7, 11) is 0. The first kappa shape index (κ1) is 27.8. The van der Waals surface area contributed by atoms with Gasteiger partial charge in [-0.3, -0.25) is 0 Å². The second-order valence-electron chi connectivity index (χ2n) is 12.4. The molecule has 10 rings (SSSR count). The van der Waals surface area contributed by atoms with Crippen LogP contribution in [0.15, 0.2) is 164 Å². The monoisotopic (exact) mass is 641 g/mol. The molecule has 0 bridgehead atoms. The summed E-state index contributed by atoms with van der Waals surface area (Å²) in [5, 5.41) is 9.66. The van der Waals surface area contributed by atoms with Crippen LogP contribution in [0, 0.1) is 0 Å². The smallest absolute Gasteiger partial charge is 0.164 e. The number of aromatic nitrogens is 3. The first-order valence-corrected chi connectivity index (χ1v) is 17.3. The minimum atomic E-state index is 0.655. The standard InChI is InChI=1S/C45H27N3S/c1-2-13-29(14-3-1)43-46-44(48-45(47-43)37-21-11-23-41-42(37)36-19-8-9-22-40(36)49-41)31-24-25-35-38(27-31)33-18-7-5-15-30(33)26-39(35)34-20-10-16-28-12-4-6-17-32(28)34/h1-27H. The molecule has 228 valence electrons. The van der Waals surface area contributed by atoms with Crippen molar-refractivity contribution >= 4 is 63.8 Å². The molecule has 0 aliphatic rings. The molecule has 2 aromatic heterocycles. The molecule has 0 spiro atoms. The third-order valence-electron chi connectivity index (χ3n) is 9.51. The molecule has 0 saturated carbocycles. The molecule has 0 unspecified atom stereocenters. The van der Waals surface area contributed by atoms with Gasteiger partial charge in [0.25, 0.3) is 0 Å². The van der Waals surface area contributed by atoms with E-state index in [9.17, 15) is 0 Å². The normalized spacial score (nSPS) is 11.7. The van der Waals surface area contributed by atoms with Gasteiger partial charge in [-0.1, -0.05) is 140 Å². The number of hydrogen-bond acceptors (Lipinski definition) is 4. The van der Waals surface area contributed by atoms with E-state index >= 15 is 0 Å². The SMILES string of the molecule is c1ccc(-c2nc(-c3ccc4c(-c5cccc6ccccc56)cc5ccccc5c4c3)nc(-c3cccc4sc5ccccc5c34)n2)cc1. The number of nitrogens with zero attached hydrogens (tertiary/aromatic N) is 3. The van der Waals surface area contributed by atoms with Gasteiger partial charge in [0.2, 0.25) is 0 Å². The van der Waals surface area contributed by atoms with Gasteiger partial charge >= 0.3 is 0 Å². The molecule has 10 aromatic rings. The van der Waals surface area contributed by atoms with Crippen molar-refractivity contribution in [3.63, 3.8) is 0 Å². The van der Waals surface area contributed by atoms with Crippen LogP contribution in [0.4, 0.5) is 0 Å². The molecule has 0 fully saturated rings. The number of thiophene rings is 1. The van der Waals surface area contributed by atoms with Gasteiger partial charge in [0, 0.05) is 36.9 Å². The summed E-state index contributed by atoms with van der Waals surface area (Å²) in [6.07, 6.45) is 0. The Morgan fingerprint density at radius 2 is 0.959 bits per heavy atom.